The number of nitrogens with two attached hydrogens (primary N) is 1. The summed E-state index contributed by atoms with van der Waals surface area (Å²) in [6.45, 7) is 11.1. The molecule has 6 heteroatoms. The van der Waals surface area contributed by atoms with Gasteiger partial charge in [-0.3, -0.25) is 9.48 Å². The monoisotopic (exact) mass is 367 g/mol. The molecule has 0 bridgehead atoms. The van der Waals surface area contributed by atoms with Gasteiger partial charge in [-0.25, -0.2) is 0 Å². The van der Waals surface area contributed by atoms with E-state index in [9.17, 15) is 4.79 Å². The maximum Gasteiger partial charge on any atom is 0.237 e. The molecule has 0 atom stereocenters. The molecule has 0 spiro atoms. The predicted octanol–water partition coefficient (Wildman–Crippen LogP) is 2.95. The number of hydrogen-bond donors (Lipinski definition) is 2. The van der Waals surface area contributed by atoms with E-state index in [1.165, 1.54) is 22.2 Å². The minimum Gasteiger partial charge on any atom is -0.368 e. The number of nitrogens with zero attached hydrogens (tertiary/aromatic N) is 3. The van der Waals surface area contributed by atoms with E-state index in [2.05, 4.69) is 48.9 Å². The molecule has 3 N–H and O–H groups in total. The second-order valence-electron chi connectivity index (χ2n) is 7.11. The molecule has 2 heterocycles. The molecule has 2 aromatic heterocycles. The quantitative estimate of drug-likeness (QED) is 0.642. The first kappa shape index (κ1) is 19.2. The molecular formula is C21H29N5O. The van der Waals surface area contributed by atoms with Crippen LogP contribution in [0.4, 0.5) is 0 Å². The summed E-state index contributed by atoms with van der Waals surface area (Å²) >= 11 is 0. The number of benzene rings is 1. The second-order valence-corrected chi connectivity index (χ2v) is 7.11. The Bertz CT molecular complexity index is 967. The summed E-state index contributed by atoms with van der Waals surface area (Å²) < 4.78 is 4.10. The third-order valence-corrected chi connectivity index (χ3v) is 5.25. The van der Waals surface area contributed by atoms with Crippen molar-refractivity contribution in [2.45, 2.75) is 60.3 Å². The molecule has 0 radical (unpaired) electrons. The maximum absolute atomic E-state index is 11.5. The molecular weight excluding hydrogens is 338 g/mol. The van der Waals surface area contributed by atoms with Gasteiger partial charge in [0.05, 0.1) is 5.69 Å². The highest BCUT2D eigenvalue weighted by Gasteiger charge is 2.16. The number of nitrogens with one attached hydrogen (secondary N) is 1. The predicted molar refractivity (Wildman–Crippen MR) is 108 cm³/mol. The van der Waals surface area contributed by atoms with E-state index in [0.29, 0.717) is 0 Å². The van der Waals surface area contributed by atoms with E-state index in [-0.39, 0.29) is 12.5 Å². The Balaban J connectivity index is 1.82. The molecule has 3 rings (SSSR count). The number of primary amides is 1. The van der Waals surface area contributed by atoms with Gasteiger partial charge in [-0.15, -0.1) is 0 Å². The fourth-order valence-electron chi connectivity index (χ4n) is 3.82. The van der Waals surface area contributed by atoms with Crippen LogP contribution in [0.5, 0.6) is 0 Å². The maximum atomic E-state index is 11.5. The Kier molecular flexibility index (Phi) is 5.65. The number of para-hydroxylation sites is 1. The van der Waals surface area contributed by atoms with Crippen molar-refractivity contribution in [1.82, 2.24) is 19.7 Å². The Morgan fingerprint density at radius 1 is 1.11 bits per heavy atom. The topological polar surface area (TPSA) is 77.9 Å². The van der Waals surface area contributed by atoms with Crippen LogP contribution in [-0.2, 0) is 31.0 Å². The van der Waals surface area contributed by atoms with Crippen LogP contribution in [0.15, 0.2) is 24.3 Å². The molecule has 6 nitrogen and oxygen atoms in total. The fraction of sp³-hybridized carbons (Fsp3) is 0.429. The van der Waals surface area contributed by atoms with Gasteiger partial charge < -0.3 is 15.6 Å². The summed E-state index contributed by atoms with van der Waals surface area (Å²) in [5, 5.41) is 9.39. The van der Waals surface area contributed by atoms with Gasteiger partial charge in [-0.05, 0) is 38.8 Å². The number of aromatic nitrogens is 3. The highest BCUT2D eigenvalue weighted by atomic mass is 16.1. The summed E-state index contributed by atoms with van der Waals surface area (Å²) in [6.07, 6.45) is 1.08. The number of rotatable bonds is 8. The number of carbonyl (C=O) groups excluding carboxylic acids is 1. The Labute approximate surface area is 160 Å². The van der Waals surface area contributed by atoms with Crippen LogP contribution in [-0.4, -0.2) is 20.3 Å². The molecule has 0 saturated heterocycles. The van der Waals surface area contributed by atoms with Crippen LogP contribution in [0.1, 0.15) is 41.6 Å². The van der Waals surface area contributed by atoms with E-state index in [0.717, 1.165) is 43.0 Å². The van der Waals surface area contributed by atoms with Crippen LogP contribution in [0, 0.1) is 20.8 Å². The van der Waals surface area contributed by atoms with Gasteiger partial charge >= 0.3 is 0 Å². The zero-order valence-corrected chi connectivity index (χ0v) is 16.7. The lowest BCUT2D eigenvalue weighted by Crippen LogP contribution is -2.20. The van der Waals surface area contributed by atoms with Crippen LogP contribution < -0.4 is 11.1 Å². The average molecular weight is 367 g/mol. The summed E-state index contributed by atoms with van der Waals surface area (Å²) in [6, 6.07) is 8.17. The van der Waals surface area contributed by atoms with E-state index in [1.54, 1.807) is 0 Å². The first-order valence-electron chi connectivity index (χ1n) is 9.52. The van der Waals surface area contributed by atoms with Crippen molar-refractivity contribution in [2.24, 2.45) is 5.73 Å². The molecule has 0 saturated carbocycles. The average Bonchev–Trinajstić information content (AvgIpc) is 3.04. The largest absolute Gasteiger partial charge is 0.368 e. The third kappa shape index (κ3) is 3.76. The molecule has 144 valence electrons. The van der Waals surface area contributed by atoms with Crippen molar-refractivity contribution in [2.75, 3.05) is 0 Å². The normalized spacial score (nSPS) is 11.4. The SMILES string of the molecule is CCCn1nc(C)c(CNCc2c(C)n(CC(N)=O)c3ccccc23)c1C. The van der Waals surface area contributed by atoms with Crippen LogP contribution >= 0.6 is 0 Å². The zero-order chi connectivity index (χ0) is 19.6. The zero-order valence-electron chi connectivity index (χ0n) is 16.7. The summed E-state index contributed by atoms with van der Waals surface area (Å²) in [7, 11) is 0. The first-order valence-corrected chi connectivity index (χ1v) is 9.52. The standard InChI is InChI=1S/C21H29N5O/c1-5-10-26-16(4)18(14(2)24-26)11-23-12-19-15(3)25(13-21(22)27)20-9-7-6-8-17(19)20/h6-9,23H,5,10-13H2,1-4H3,(H2,22,27). The van der Waals surface area contributed by atoms with Crippen molar-refractivity contribution in [3.63, 3.8) is 0 Å². The lowest BCUT2D eigenvalue weighted by molar-refractivity contribution is -0.118. The van der Waals surface area contributed by atoms with Crippen molar-refractivity contribution in [3.8, 4) is 0 Å². The van der Waals surface area contributed by atoms with Gasteiger partial charge in [0, 0.05) is 47.5 Å². The third-order valence-electron chi connectivity index (χ3n) is 5.25. The van der Waals surface area contributed by atoms with Crippen molar-refractivity contribution in [1.29, 1.82) is 0 Å². The molecule has 1 amide bonds. The van der Waals surface area contributed by atoms with E-state index >= 15 is 0 Å². The van der Waals surface area contributed by atoms with Gasteiger partial charge in [0.2, 0.25) is 5.91 Å². The van der Waals surface area contributed by atoms with E-state index in [4.69, 9.17) is 5.73 Å². The van der Waals surface area contributed by atoms with E-state index < -0.39 is 0 Å². The highest BCUT2D eigenvalue weighted by Crippen LogP contribution is 2.26. The number of hydrogen-bond acceptors (Lipinski definition) is 3. The van der Waals surface area contributed by atoms with E-state index in [1.807, 2.05) is 22.8 Å². The minimum atomic E-state index is -0.326. The molecule has 0 unspecified atom stereocenters. The lowest BCUT2D eigenvalue weighted by Gasteiger charge is -2.08. The molecule has 0 aliphatic heterocycles. The Morgan fingerprint density at radius 3 is 2.52 bits per heavy atom. The fourth-order valence-corrected chi connectivity index (χ4v) is 3.82. The molecule has 27 heavy (non-hydrogen) atoms. The first-order chi connectivity index (χ1) is 12.9. The molecule has 0 aliphatic carbocycles. The Hall–Kier alpha value is -2.60. The smallest absolute Gasteiger partial charge is 0.237 e. The minimum absolute atomic E-state index is 0.203. The van der Waals surface area contributed by atoms with Crippen LogP contribution in [0.25, 0.3) is 10.9 Å². The Morgan fingerprint density at radius 2 is 1.81 bits per heavy atom. The van der Waals surface area contributed by atoms with Gasteiger partial charge in [-0.2, -0.15) is 5.10 Å². The number of aryl methyl sites for hydroxylation is 2. The van der Waals surface area contributed by atoms with Gasteiger partial charge in [0.1, 0.15) is 6.54 Å². The molecule has 0 fully saturated rings. The summed E-state index contributed by atoms with van der Waals surface area (Å²) in [4.78, 5) is 11.5. The lowest BCUT2D eigenvalue weighted by atomic mass is 10.1. The van der Waals surface area contributed by atoms with Crippen molar-refractivity contribution >= 4 is 16.8 Å². The summed E-state index contributed by atoms with van der Waals surface area (Å²) in [5.74, 6) is -0.326. The molecule has 0 aliphatic rings. The van der Waals surface area contributed by atoms with Gasteiger partial charge in [0.25, 0.3) is 0 Å². The van der Waals surface area contributed by atoms with Gasteiger partial charge in [-0.1, -0.05) is 25.1 Å². The number of amides is 1. The van der Waals surface area contributed by atoms with Crippen LogP contribution in [0.2, 0.25) is 0 Å². The highest BCUT2D eigenvalue weighted by molar-refractivity contribution is 5.87. The summed E-state index contributed by atoms with van der Waals surface area (Å²) in [5.41, 5.74) is 12.4. The van der Waals surface area contributed by atoms with Gasteiger partial charge in [0.15, 0.2) is 0 Å². The molecule has 3 aromatic rings. The van der Waals surface area contributed by atoms with Crippen molar-refractivity contribution < 1.29 is 4.79 Å². The van der Waals surface area contributed by atoms with Crippen molar-refractivity contribution in [3.05, 3.63) is 52.5 Å². The van der Waals surface area contributed by atoms with Crippen LogP contribution in [0.3, 0.4) is 0 Å². The second kappa shape index (κ2) is 7.96. The number of carbonyl (C=O) groups is 1. The number of fused-ring (bicyclic) bond motifs is 1. The molecule has 1 aromatic carbocycles.